The second kappa shape index (κ2) is 7.70. The normalized spacial score (nSPS) is 11.3. The van der Waals surface area contributed by atoms with Gasteiger partial charge in [0.1, 0.15) is 5.82 Å². The number of aliphatic imine (C=N–C) groups is 1. The molecule has 0 fully saturated rings. The Kier molecular flexibility index (Phi) is 5.18. The number of aromatic nitrogens is 3. The third-order valence-corrected chi connectivity index (χ3v) is 3.81. The summed E-state index contributed by atoms with van der Waals surface area (Å²) in [4.78, 5) is 21.2. The van der Waals surface area contributed by atoms with E-state index in [1.54, 1.807) is 30.7 Å². The van der Waals surface area contributed by atoms with E-state index in [1.165, 1.54) is 16.8 Å². The predicted octanol–water partition coefficient (Wildman–Crippen LogP) is 3.27. The summed E-state index contributed by atoms with van der Waals surface area (Å²) in [5, 5.41) is 3.11. The first-order valence-corrected chi connectivity index (χ1v) is 8.17. The molecule has 1 aromatic carbocycles. The van der Waals surface area contributed by atoms with Crippen molar-refractivity contribution < 1.29 is 4.39 Å². The van der Waals surface area contributed by atoms with Crippen molar-refractivity contribution >= 4 is 6.21 Å². The van der Waals surface area contributed by atoms with Crippen molar-refractivity contribution in [3.8, 4) is 5.69 Å². The minimum atomic E-state index is -0.338. The van der Waals surface area contributed by atoms with Gasteiger partial charge in [0.2, 0.25) is 0 Å². The molecule has 2 aromatic heterocycles. The Morgan fingerprint density at radius 1 is 1.28 bits per heavy atom. The highest BCUT2D eigenvalue weighted by molar-refractivity contribution is 5.80. The molecule has 25 heavy (non-hydrogen) atoms. The minimum absolute atomic E-state index is 0.190. The molecule has 0 aliphatic heterocycles. The maximum absolute atomic E-state index is 13.1. The molecule has 0 spiro atoms. The van der Waals surface area contributed by atoms with Gasteiger partial charge < -0.3 is 0 Å². The summed E-state index contributed by atoms with van der Waals surface area (Å²) in [6.45, 7) is 2.50. The van der Waals surface area contributed by atoms with Crippen LogP contribution >= 0.6 is 0 Å². The molecule has 0 bridgehead atoms. The maximum Gasteiger partial charge on any atom is 0.280 e. The largest absolute Gasteiger partial charge is 0.294 e. The Morgan fingerprint density at radius 2 is 2.08 bits per heavy atom. The predicted molar refractivity (Wildman–Crippen MR) is 95.9 cm³/mol. The summed E-state index contributed by atoms with van der Waals surface area (Å²) in [6, 6.07) is 9.59. The average Bonchev–Trinajstić information content (AvgIpc) is 2.93. The summed E-state index contributed by atoms with van der Waals surface area (Å²) in [5.41, 5.74) is 2.74. The van der Waals surface area contributed by atoms with Gasteiger partial charge in [0, 0.05) is 24.3 Å². The molecule has 0 amide bonds. The van der Waals surface area contributed by atoms with E-state index in [1.807, 2.05) is 19.1 Å². The van der Waals surface area contributed by atoms with E-state index in [0.29, 0.717) is 17.8 Å². The summed E-state index contributed by atoms with van der Waals surface area (Å²) in [5.74, 6) is -0.338. The van der Waals surface area contributed by atoms with Crippen molar-refractivity contribution in [1.29, 1.82) is 0 Å². The van der Waals surface area contributed by atoms with Crippen LogP contribution in [0.2, 0.25) is 0 Å². The van der Waals surface area contributed by atoms with Crippen molar-refractivity contribution in [3.05, 3.63) is 81.8 Å². The van der Waals surface area contributed by atoms with Gasteiger partial charge in [-0.1, -0.05) is 19.4 Å². The van der Waals surface area contributed by atoms with Gasteiger partial charge in [-0.25, -0.2) is 9.07 Å². The van der Waals surface area contributed by atoms with Crippen LogP contribution in [0.1, 0.15) is 30.2 Å². The zero-order chi connectivity index (χ0) is 17.6. The molecule has 0 radical (unpaired) electrons. The number of hydrogen-bond donors (Lipinski definition) is 1. The third-order valence-electron chi connectivity index (χ3n) is 3.81. The first-order chi connectivity index (χ1) is 12.2. The van der Waals surface area contributed by atoms with E-state index in [0.717, 1.165) is 24.1 Å². The van der Waals surface area contributed by atoms with Crippen LogP contribution in [0.5, 0.6) is 0 Å². The number of nitrogens with one attached hydrogen (secondary N) is 1. The zero-order valence-electron chi connectivity index (χ0n) is 13.9. The smallest absolute Gasteiger partial charge is 0.280 e. The summed E-state index contributed by atoms with van der Waals surface area (Å²) in [7, 11) is 0. The number of nitrogens with zero attached hydrogens (tertiary/aromatic N) is 3. The SMILES string of the molecule is CCCc1[nH]n(-c2ccc(F)cc2)c(=O)c1C=NCc1cccnc1. The van der Waals surface area contributed by atoms with Gasteiger partial charge >= 0.3 is 0 Å². The number of aryl methyl sites for hydroxylation is 1. The van der Waals surface area contributed by atoms with Gasteiger partial charge in [0.05, 0.1) is 17.8 Å². The maximum atomic E-state index is 13.1. The Bertz CT molecular complexity index is 911. The second-order valence-corrected chi connectivity index (χ2v) is 5.70. The molecule has 0 aliphatic carbocycles. The lowest BCUT2D eigenvalue weighted by Gasteiger charge is -2.01. The van der Waals surface area contributed by atoms with Crippen LogP contribution in [-0.4, -0.2) is 21.0 Å². The van der Waals surface area contributed by atoms with Crippen molar-refractivity contribution in [1.82, 2.24) is 14.8 Å². The van der Waals surface area contributed by atoms with Gasteiger partial charge in [-0.15, -0.1) is 0 Å². The molecule has 3 rings (SSSR count). The fourth-order valence-corrected chi connectivity index (χ4v) is 2.58. The molecule has 1 N–H and O–H groups in total. The Labute approximate surface area is 144 Å². The first kappa shape index (κ1) is 16.8. The van der Waals surface area contributed by atoms with E-state index in [-0.39, 0.29) is 11.4 Å². The fourth-order valence-electron chi connectivity index (χ4n) is 2.58. The van der Waals surface area contributed by atoms with Gasteiger partial charge in [-0.05, 0) is 42.3 Å². The number of benzene rings is 1. The van der Waals surface area contributed by atoms with E-state index < -0.39 is 0 Å². The van der Waals surface area contributed by atoms with Crippen molar-refractivity contribution in [3.63, 3.8) is 0 Å². The summed E-state index contributed by atoms with van der Waals surface area (Å²) < 4.78 is 14.5. The lowest BCUT2D eigenvalue weighted by atomic mass is 10.2. The molecule has 0 atom stereocenters. The van der Waals surface area contributed by atoms with E-state index in [4.69, 9.17) is 0 Å². The lowest BCUT2D eigenvalue weighted by Crippen LogP contribution is -2.17. The van der Waals surface area contributed by atoms with Crippen molar-refractivity contribution in [2.75, 3.05) is 0 Å². The summed E-state index contributed by atoms with van der Waals surface area (Å²) >= 11 is 0. The number of H-pyrrole nitrogens is 1. The van der Waals surface area contributed by atoms with E-state index >= 15 is 0 Å². The second-order valence-electron chi connectivity index (χ2n) is 5.70. The Balaban J connectivity index is 1.92. The molecular weight excluding hydrogens is 319 g/mol. The molecule has 128 valence electrons. The van der Waals surface area contributed by atoms with Crippen molar-refractivity contribution in [2.45, 2.75) is 26.3 Å². The number of halogens is 1. The van der Waals surface area contributed by atoms with Gasteiger partial charge in [-0.3, -0.25) is 19.9 Å². The van der Waals surface area contributed by atoms with Crippen LogP contribution in [0, 0.1) is 5.82 Å². The summed E-state index contributed by atoms with van der Waals surface area (Å²) in [6.07, 6.45) is 6.69. The highest BCUT2D eigenvalue weighted by Crippen LogP contribution is 2.10. The molecular formula is C19H19FN4O. The van der Waals surface area contributed by atoms with Crippen LogP contribution in [0.15, 0.2) is 58.6 Å². The van der Waals surface area contributed by atoms with Crippen LogP contribution in [0.25, 0.3) is 5.69 Å². The van der Waals surface area contributed by atoms with E-state index in [2.05, 4.69) is 15.1 Å². The molecule has 3 aromatic rings. The van der Waals surface area contributed by atoms with Gasteiger partial charge in [0.15, 0.2) is 0 Å². The van der Waals surface area contributed by atoms with Crippen molar-refractivity contribution in [2.24, 2.45) is 4.99 Å². The fraction of sp³-hybridized carbons (Fsp3) is 0.211. The lowest BCUT2D eigenvalue weighted by molar-refractivity contribution is 0.626. The van der Waals surface area contributed by atoms with Gasteiger partial charge in [0.25, 0.3) is 5.56 Å². The molecule has 0 unspecified atom stereocenters. The number of pyridine rings is 1. The molecule has 2 heterocycles. The molecule has 0 saturated carbocycles. The van der Waals surface area contributed by atoms with Gasteiger partial charge in [-0.2, -0.15) is 0 Å². The quantitative estimate of drug-likeness (QED) is 0.701. The molecule has 0 saturated heterocycles. The monoisotopic (exact) mass is 338 g/mol. The third kappa shape index (κ3) is 3.91. The Morgan fingerprint density at radius 3 is 2.76 bits per heavy atom. The topological polar surface area (TPSA) is 63.0 Å². The van der Waals surface area contributed by atoms with E-state index in [9.17, 15) is 9.18 Å². The van der Waals surface area contributed by atoms with Crippen LogP contribution in [0.3, 0.4) is 0 Å². The first-order valence-electron chi connectivity index (χ1n) is 8.17. The average molecular weight is 338 g/mol. The molecule has 0 aliphatic rings. The van der Waals surface area contributed by atoms with Crippen LogP contribution < -0.4 is 5.56 Å². The van der Waals surface area contributed by atoms with Crippen LogP contribution in [-0.2, 0) is 13.0 Å². The number of hydrogen-bond acceptors (Lipinski definition) is 3. The molecule has 5 nitrogen and oxygen atoms in total. The number of aromatic amines is 1. The van der Waals surface area contributed by atoms with Crippen LogP contribution in [0.4, 0.5) is 4.39 Å². The highest BCUT2D eigenvalue weighted by atomic mass is 19.1. The zero-order valence-corrected chi connectivity index (χ0v) is 13.9. The minimum Gasteiger partial charge on any atom is -0.294 e. The standard InChI is InChI=1S/C19H19FN4O/c1-2-4-18-17(13-22-12-14-5-3-10-21-11-14)19(25)24(23-18)16-8-6-15(20)7-9-16/h3,5-11,13,23H,2,4,12H2,1H3. The Hall–Kier alpha value is -3.02. The number of rotatable bonds is 6. The molecule has 6 heteroatoms. The highest BCUT2D eigenvalue weighted by Gasteiger charge is 2.13.